The topological polar surface area (TPSA) is 76.7 Å². The van der Waals surface area contributed by atoms with Gasteiger partial charge in [0.05, 0.1) is 19.2 Å². The van der Waals surface area contributed by atoms with Crippen molar-refractivity contribution in [1.82, 2.24) is 5.32 Å². The highest BCUT2D eigenvalue weighted by atomic mass is 35.5. The number of anilines is 1. The average Bonchev–Trinajstić information content (AvgIpc) is 2.64. The Morgan fingerprint density at radius 2 is 1.77 bits per heavy atom. The number of amides is 2. The van der Waals surface area contributed by atoms with Gasteiger partial charge in [0.2, 0.25) is 0 Å². The third kappa shape index (κ3) is 5.10. The van der Waals surface area contributed by atoms with E-state index in [2.05, 4.69) is 10.6 Å². The Bertz CT molecular complexity index is 814. The van der Waals surface area contributed by atoms with Crippen molar-refractivity contribution in [1.29, 1.82) is 0 Å². The van der Waals surface area contributed by atoms with E-state index in [1.54, 1.807) is 19.2 Å². The molecule has 0 unspecified atom stereocenters. The van der Waals surface area contributed by atoms with Crippen LogP contribution in [0.5, 0.6) is 11.5 Å². The molecule has 0 bridgehead atoms. The van der Waals surface area contributed by atoms with Crippen LogP contribution in [-0.4, -0.2) is 32.6 Å². The van der Waals surface area contributed by atoms with Gasteiger partial charge < -0.3 is 20.1 Å². The maximum absolute atomic E-state index is 13.1. The lowest BCUT2D eigenvalue weighted by atomic mass is 10.1. The van der Waals surface area contributed by atoms with Crippen LogP contribution in [0.25, 0.3) is 0 Å². The number of carbonyl (C=O) groups excluding carboxylic acids is 2. The van der Waals surface area contributed by atoms with Crippen molar-refractivity contribution in [2.45, 2.75) is 6.42 Å². The van der Waals surface area contributed by atoms with Crippen LogP contribution in [0, 0.1) is 5.82 Å². The van der Waals surface area contributed by atoms with Crippen LogP contribution in [0.3, 0.4) is 0 Å². The third-order valence-electron chi connectivity index (χ3n) is 3.53. The van der Waals surface area contributed by atoms with Crippen molar-refractivity contribution in [2.24, 2.45) is 0 Å². The SMILES string of the molecule is COc1ccc(CCNC(=O)C(=O)Nc2ccc(F)c(Cl)c2)cc1OC. The molecule has 0 aliphatic heterocycles. The van der Waals surface area contributed by atoms with Crippen LogP contribution in [0.15, 0.2) is 36.4 Å². The number of hydrogen-bond donors (Lipinski definition) is 2. The summed E-state index contributed by atoms with van der Waals surface area (Å²) in [7, 11) is 3.08. The van der Waals surface area contributed by atoms with E-state index in [9.17, 15) is 14.0 Å². The van der Waals surface area contributed by atoms with Gasteiger partial charge in [-0.15, -0.1) is 0 Å². The lowest BCUT2D eigenvalue weighted by Crippen LogP contribution is -2.36. The number of halogens is 2. The van der Waals surface area contributed by atoms with E-state index < -0.39 is 17.6 Å². The summed E-state index contributed by atoms with van der Waals surface area (Å²) in [6, 6.07) is 9.05. The zero-order valence-electron chi connectivity index (χ0n) is 14.3. The van der Waals surface area contributed by atoms with Crippen molar-refractivity contribution in [3.8, 4) is 11.5 Å². The molecule has 2 aromatic rings. The standard InChI is InChI=1S/C18H18ClFN2O4/c1-25-15-6-3-11(9-16(15)26-2)7-8-21-17(23)18(24)22-12-4-5-14(20)13(19)10-12/h3-6,9-10H,7-8H2,1-2H3,(H,21,23)(H,22,24). The Morgan fingerprint density at radius 3 is 2.42 bits per heavy atom. The fourth-order valence-electron chi connectivity index (χ4n) is 2.20. The number of carbonyl (C=O) groups is 2. The van der Waals surface area contributed by atoms with Crippen LogP contribution in [0.1, 0.15) is 5.56 Å². The first-order valence-corrected chi connectivity index (χ1v) is 8.07. The quantitative estimate of drug-likeness (QED) is 0.755. The van der Waals surface area contributed by atoms with Gasteiger partial charge in [0.25, 0.3) is 0 Å². The summed E-state index contributed by atoms with van der Waals surface area (Å²) in [5, 5.41) is 4.72. The van der Waals surface area contributed by atoms with Gasteiger partial charge >= 0.3 is 11.8 Å². The molecule has 0 saturated carbocycles. The fraction of sp³-hybridized carbons (Fsp3) is 0.222. The second-order valence-electron chi connectivity index (χ2n) is 5.28. The van der Waals surface area contributed by atoms with Crippen molar-refractivity contribution < 1.29 is 23.5 Å². The maximum Gasteiger partial charge on any atom is 0.313 e. The fourth-order valence-corrected chi connectivity index (χ4v) is 2.38. The largest absolute Gasteiger partial charge is 0.493 e. The normalized spacial score (nSPS) is 10.2. The van der Waals surface area contributed by atoms with Crippen LogP contribution >= 0.6 is 11.6 Å². The molecule has 26 heavy (non-hydrogen) atoms. The van der Waals surface area contributed by atoms with E-state index in [-0.39, 0.29) is 17.3 Å². The van der Waals surface area contributed by atoms with Gasteiger partial charge in [-0.05, 0) is 42.3 Å². The van der Waals surface area contributed by atoms with Crippen molar-refractivity contribution in [3.05, 3.63) is 52.8 Å². The number of benzene rings is 2. The molecule has 2 aromatic carbocycles. The Balaban J connectivity index is 1.86. The molecule has 2 rings (SSSR count). The van der Waals surface area contributed by atoms with Crippen molar-refractivity contribution in [2.75, 3.05) is 26.1 Å². The lowest BCUT2D eigenvalue weighted by Gasteiger charge is -2.10. The van der Waals surface area contributed by atoms with Gasteiger partial charge in [-0.1, -0.05) is 17.7 Å². The first-order chi connectivity index (χ1) is 12.4. The van der Waals surface area contributed by atoms with Crippen molar-refractivity contribution in [3.63, 3.8) is 0 Å². The predicted molar refractivity (Wildman–Crippen MR) is 96.3 cm³/mol. The molecule has 0 atom stereocenters. The molecule has 0 heterocycles. The van der Waals surface area contributed by atoms with Gasteiger partial charge in [0.15, 0.2) is 11.5 Å². The monoisotopic (exact) mass is 380 g/mol. The highest BCUT2D eigenvalue weighted by Gasteiger charge is 2.14. The molecule has 0 aromatic heterocycles. The Kier molecular flexibility index (Phi) is 6.80. The minimum atomic E-state index is -0.861. The molecule has 2 N–H and O–H groups in total. The molecule has 8 heteroatoms. The minimum Gasteiger partial charge on any atom is -0.493 e. The minimum absolute atomic E-state index is 0.142. The van der Waals surface area contributed by atoms with Crippen molar-refractivity contribution >= 4 is 29.1 Å². The molecular formula is C18H18ClFN2O4. The Labute approximate surface area is 155 Å². The second-order valence-corrected chi connectivity index (χ2v) is 5.69. The van der Waals surface area contributed by atoms with E-state index in [1.807, 2.05) is 6.07 Å². The van der Waals surface area contributed by atoms with Crippen LogP contribution in [0.4, 0.5) is 10.1 Å². The number of nitrogens with one attached hydrogen (secondary N) is 2. The highest BCUT2D eigenvalue weighted by Crippen LogP contribution is 2.27. The summed E-state index contributed by atoms with van der Waals surface area (Å²) < 4.78 is 23.5. The number of hydrogen-bond acceptors (Lipinski definition) is 4. The first kappa shape index (κ1) is 19.5. The highest BCUT2D eigenvalue weighted by molar-refractivity contribution is 6.39. The van der Waals surface area contributed by atoms with Gasteiger partial charge in [0, 0.05) is 12.2 Å². The van der Waals surface area contributed by atoms with Crippen LogP contribution in [0.2, 0.25) is 5.02 Å². The molecule has 2 amide bonds. The van der Waals surface area contributed by atoms with Gasteiger partial charge in [-0.3, -0.25) is 9.59 Å². The van der Waals surface area contributed by atoms with E-state index in [0.29, 0.717) is 17.9 Å². The number of rotatable bonds is 6. The summed E-state index contributed by atoms with van der Waals surface area (Å²) in [4.78, 5) is 23.7. The second kappa shape index (κ2) is 9.05. The van der Waals surface area contributed by atoms with Gasteiger partial charge in [-0.25, -0.2) is 4.39 Å². The van der Waals surface area contributed by atoms with Crippen LogP contribution < -0.4 is 20.1 Å². The molecule has 0 fully saturated rings. The summed E-state index contributed by atoms with van der Waals surface area (Å²) in [5.74, 6) is -1.07. The van der Waals surface area contributed by atoms with Gasteiger partial charge in [-0.2, -0.15) is 0 Å². The zero-order valence-corrected chi connectivity index (χ0v) is 15.0. The average molecular weight is 381 g/mol. The predicted octanol–water partition coefficient (Wildman–Crippen LogP) is 2.79. The van der Waals surface area contributed by atoms with E-state index in [1.165, 1.54) is 19.2 Å². The number of methoxy groups -OCH3 is 2. The summed E-state index contributed by atoms with van der Waals surface area (Å²) in [6.45, 7) is 0.256. The first-order valence-electron chi connectivity index (χ1n) is 7.69. The lowest BCUT2D eigenvalue weighted by molar-refractivity contribution is -0.136. The zero-order chi connectivity index (χ0) is 19.1. The molecule has 0 radical (unpaired) electrons. The van der Waals surface area contributed by atoms with E-state index in [0.717, 1.165) is 11.6 Å². The van der Waals surface area contributed by atoms with E-state index >= 15 is 0 Å². The summed E-state index contributed by atoms with van der Waals surface area (Å²) >= 11 is 5.63. The Morgan fingerprint density at radius 1 is 1.04 bits per heavy atom. The maximum atomic E-state index is 13.1. The smallest absolute Gasteiger partial charge is 0.313 e. The summed E-state index contributed by atoms with van der Waals surface area (Å²) in [5.41, 5.74) is 1.14. The molecule has 6 nitrogen and oxygen atoms in total. The third-order valence-corrected chi connectivity index (χ3v) is 3.82. The molecule has 0 aliphatic carbocycles. The van der Waals surface area contributed by atoms with Gasteiger partial charge in [0.1, 0.15) is 5.82 Å². The molecular weight excluding hydrogens is 363 g/mol. The van der Waals surface area contributed by atoms with E-state index in [4.69, 9.17) is 21.1 Å². The molecule has 0 spiro atoms. The Hall–Kier alpha value is -2.80. The number of ether oxygens (including phenoxy) is 2. The molecule has 0 aliphatic rings. The molecule has 138 valence electrons. The van der Waals surface area contributed by atoms with Crippen LogP contribution in [-0.2, 0) is 16.0 Å². The summed E-state index contributed by atoms with van der Waals surface area (Å²) in [6.07, 6.45) is 0.502. The molecule has 0 saturated heterocycles.